The predicted molar refractivity (Wildman–Crippen MR) is 160 cm³/mol. The van der Waals surface area contributed by atoms with Crippen LogP contribution in [0.1, 0.15) is 45.1 Å². The molecule has 0 N–H and O–H groups in total. The molecule has 0 bridgehead atoms. The molecule has 2 aromatic carbocycles. The molecular weight excluding hydrogens is 574 g/mol. The number of thiazole rings is 1. The molecule has 11 nitrogen and oxygen atoms in total. The van der Waals surface area contributed by atoms with Crippen LogP contribution in [0.25, 0.3) is 17.4 Å². The first-order valence-corrected chi connectivity index (χ1v) is 14.3. The van der Waals surface area contributed by atoms with Gasteiger partial charge in [0.25, 0.3) is 11.2 Å². The van der Waals surface area contributed by atoms with E-state index in [2.05, 4.69) is 4.99 Å². The number of methoxy groups -OCH3 is 1. The first-order valence-electron chi connectivity index (χ1n) is 13.5. The van der Waals surface area contributed by atoms with E-state index >= 15 is 0 Å². The number of aromatic nitrogens is 1. The Hall–Kier alpha value is -4.97. The van der Waals surface area contributed by atoms with Crippen molar-refractivity contribution in [1.29, 1.82) is 0 Å². The lowest BCUT2D eigenvalue weighted by Gasteiger charge is -2.26. The zero-order chi connectivity index (χ0) is 30.8. The molecule has 0 saturated heterocycles. The largest absolute Gasteiger partial charge is 0.496 e. The molecule has 2 aromatic heterocycles. The Morgan fingerprint density at radius 2 is 1.95 bits per heavy atom. The number of carbonyl (C=O) groups excluding carboxylic acids is 1. The fourth-order valence-electron chi connectivity index (χ4n) is 4.86. The first kappa shape index (κ1) is 29.5. The fourth-order valence-corrected chi connectivity index (χ4v) is 5.89. The lowest BCUT2D eigenvalue weighted by atomic mass is 9.95. The highest BCUT2D eigenvalue weighted by Crippen LogP contribution is 2.37. The highest BCUT2D eigenvalue weighted by molar-refractivity contribution is 7.07. The van der Waals surface area contributed by atoms with Gasteiger partial charge in [-0.2, -0.15) is 0 Å². The Morgan fingerprint density at radius 1 is 1.19 bits per heavy atom. The van der Waals surface area contributed by atoms with Crippen molar-refractivity contribution in [3.05, 3.63) is 107 Å². The number of para-hydroxylation sites is 1. The number of allylic oxidation sites excluding steroid dienone is 1. The molecule has 5 rings (SSSR count). The maximum absolute atomic E-state index is 14.0. The van der Waals surface area contributed by atoms with Gasteiger partial charge in [-0.25, -0.2) is 9.79 Å². The number of carbonyl (C=O) groups is 1. The van der Waals surface area contributed by atoms with E-state index in [0.717, 1.165) is 11.3 Å². The minimum Gasteiger partial charge on any atom is -0.496 e. The Balaban J connectivity index is 1.66. The van der Waals surface area contributed by atoms with E-state index in [1.165, 1.54) is 29.9 Å². The molecule has 1 atom stereocenters. The third-order valence-corrected chi connectivity index (χ3v) is 7.64. The van der Waals surface area contributed by atoms with E-state index in [1.54, 1.807) is 38.1 Å². The Morgan fingerprint density at radius 3 is 2.65 bits per heavy atom. The monoisotopic (exact) mass is 603 g/mol. The second kappa shape index (κ2) is 12.1. The Kier molecular flexibility index (Phi) is 8.31. The van der Waals surface area contributed by atoms with E-state index in [4.69, 9.17) is 18.6 Å². The van der Waals surface area contributed by atoms with Crippen molar-refractivity contribution >= 4 is 29.1 Å². The molecule has 0 fully saturated rings. The summed E-state index contributed by atoms with van der Waals surface area (Å²) in [4.78, 5) is 43.1. The van der Waals surface area contributed by atoms with Gasteiger partial charge in [-0.05, 0) is 52.0 Å². The van der Waals surface area contributed by atoms with Crippen molar-refractivity contribution in [2.45, 2.75) is 39.8 Å². The zero-order valence-electron chi connectivity index (χ0n) is 24.2. The maximum Gasteiger partial charge on any atom is 0.338 e. The molecule has 0 unspecified atom stereocenters. The molecule has 12 heteroatoms. The maximum atomic E-state index is 14.0. The van der Waals surface area contributed by atoms with Gasteiger partial charge in [0.1, 0.15) is 29.1 Å². The quantitative estimate of drug-likeness (QED) is 0.152. The lowest BCUT2D eigenvalue weighted by molar-refractivity contribution is -0.384. The van der Waals surface area contributed by atoms with Crippen LogP contribution in [0.2, 0.25) is 0 Å². The Bertz CT molecular complexity index is 1930. The molecule has 222 valence electrons. The lowest BCUT2D eigenvalue weighted by Crippen LogP contribution is -2.40. The van der Waals surface area contributed by atoms with E-state index < -0.39 is 16.9 Å². The van der Waals surface area contributed by atoms with Gasteiger partial charge >= 0.3 is 5.97 Å². The van der Waals surface area contributed by atoms with E-state index in [-0.39, 0.29) is 29.5 Å². The molecule has 0 amide bonds. The molecule has 0 saturated carbocycles. The molecule has 3 heterocycles. The second-order valence-corrected chi connectivity index (χ2v) is 10.9. The van der Waals surface area contributed by atoms with Crippen LogP contribution >= 0.6 is 11.3 Å². The Labute approximate surface area is 250 Å². The number of ether oxygens (including phenoxy) is 3. The molecule has 1 aliphatic heterocycles. The van der Waals surface area contributed by atoms with Gasteiger partial charge < -0.3 is 18.6 Å². The summed E-state index contributed by atoms with van der Waals surface area (Å²) in [5.41, 5.74) is 1.21. The summed E-state index contributed by atoms with van der Waals surface area (Å²) in [6.45, 7) is 7.39. The zero-order valence-corrected chi connectivity index (χ0v) is 25.0. The second-order valence-electron chi connectivity index (χ2n) is 9.85. The average molecular weight is 604 g/mol. The third kappa shape index (κ3) is 5.73. The van der Waals surface area contributed by atoms with Crippen LogP contribution in [0.4, 0.5) is 5.69 Å². The van der Waals surface area contributed by atoms with Crippen molar-refractivity contribution in [3.8, 4) is 22.8 Å². The topological polar surface area (TPSA) is 135 Å². The molecule has 4 aromatic rings. The summed E-state index contributed by atoms with van der Waals surface area (Å²) in [5, 5.41) is 11.3. The fraction of sp³-hybridized carbons (Fsp3) is 0.258. The number of nitro benzene ring substituents is 1. The van der Waals surface area contributed by atoms with E-state index in [1.807, 2.05) is 32.0 Å². The minimum atomic E-state index is -0.839. The van der Waals surface area contributed by atoms with Crippen LogP contribution < -0.4 is 24.4 Å². The summed E-state index contributed by atoms with van der Waals surface area (Å²) in [6.07, 6.45) is 1.43. The molecule has 0 spiro atoms. The molecular formula is C31H29N3O8S. The number of nitro groups is 1. The van der Waals surface area contributed by atoms with Crippen LogP contribution in [-0.4, -0.2) is 35.3 Å². The van der Waals surface area contributed by atoms with Gasteiger partial charge in [0, 0.05) is 23.8 Å². The summed E-state index contributed by atoms with van der Waals surface area (Å²) >= 11 is 1.15. The predicted octanol–water partition coefficient (Wildman–Crippen LogP) is 4.76. The normalized spacial score (nSPS) is 14.8. The van der Waals surface area contributed by atoms with E-state index in [9.17, 15) is 19.7 Å². The van der Waals surface area contributed by atoms with Crippen molar-refractivity contribution in [2.24, 2.45) is 4.99 Å². The summed E-state index contributed by atoms with van der Waals surface area (Å²) in [5.74, 6) is 1.04. The van der Waals surface area contributed by atoms with Crippen LogP contribution in [0, 0.1) is 10.1 Å². The highest BCUT2D eigenvalue weighted by atomic mass is 32.1. The minimum absolute atomic E-state index is 0.114. The average Bonchev–Trinajstić information content (AvgIpc) is 3.56. The standard InChI is InChI=1S/C31H29N3O8S/c1-6-40-30(36)27-18(4)32-31-33(28(27)21-9-7-8-10-24(21)41-17(2)3)29(35)26(43-31)16-20-12-14-25(42-20)22-15-19(34(37)38)11-13-23(22)39-5/h7-17,28H,6H2,1-5H3/b26-16-/t28-/m1/s1. The smallest absolute Gasteiger partial charge is 0.338 e. The molecule has 0 aliphatic carbocycles. The first-order chi connectivity index (χ1) is 20.6. The van der Waals surface area contributed by atoms with Gasteiger partial charge in [-0.1, -0.05) is 29.5 Å². The van der Waals surface area contributed by atoms with Crippen LogP contribution in [0.3, 0.4) is 0 Å². The number of hydrogen-bond donors (Lipinski definition) is 0. The summed E-state index contributed by atoms with van der Waals surface area (Å²) in [6, 6.07) is 14.0. The number of non-ortho nitro benzene ring substituents is 1. The molecule has 1 aliphatic rings. The van der Waals surface area contributed by atoms with Gasteiger partial charge in [0.15, 0.2) is 4.80 Å². The third-order valence-electron chi connectivity index (χ3n) is 6.65. The van der Waals surface area contributed by atoms with Gasteiger partial charge in [0.2, 0.25) is 0 Å². The molecule has 43 heavy (non-hydrogen) atoms. The number of hydrogen-bond acceptors (Lipinski definition) is 10. The highest BCUT2D eigenvalue weighted by Gasteiger charge is 2.35. The summed E-state index contributed by atoms with van der Waals surface area (Å²) < 4.78 is 24.6. The van der Waals surface area contributed by atoms with Crippen LogP contribution in [0.15, 0.2) is 80.1 Å². The van der Waals surface area contributed by atoms with Crippen molar-refractivity contribution < 1.29 is 28.3 Å². The number of benzene rings is 2. The van der Waals surface area contributed by atoms with Gasteiger partial charge in [-0.15, -0.1) is 0 Å². The van der Waals surface area contributed by atoms with Crippen molar-refractivity contribution in [3.63, 3.8) is 0 Å². The number of rotatable bonds is 9. The number of fused-ring (bicyclic) bond motifs is 1. The SMILES string of the molecule is CCOC(=O)C1=C(C)N=c2s/c(=C\c3ccc(-c4cc([N+](=O)[O-])ccc4OC)o3)c(=O)n2[C@@H]1c1ccccc1OC(C)C. The number of nitrogens with zero attached hydrogens (tertiary/aromatic N) is 3. The van der Waals surface area contributed by atoms with Crippen molar-refractivity contribution in [1.82, 2.24) is 4.57 Å². The number of furan rings is 1. The number of esters is 1. The van der Waals surface area contributed by atoms with Gasteiger partial charge in [0.05, 0.1) is 46.1 Å². The molecule has 0 radical (unpaired) electrons. The van der Waals surface area contributed by atoms with Crippen LogP contribution in [-0.2, 0) is 9.53 Å². The van der Waals surface area contributed by atoms with Gasteiger partial charge in [-0.3, -0.25) is 19.5 Å². The van der Waals surface area contributed by atoms with Crippen LogP contribution in [0.5, 0.6) is 11.5 Å². The van der Waals surface area contributed by atoms with Crippen molar-refractivity contribution in [2.75, 3.05) is 13.7 Å². The summed E-state index contributed by atoms with van der Waals surface area (Å²) in [7, 11) is 1.46. The van der Waals surface area contributed by atoms with E-state index in [0.29, 0.717) is 49.2 Å².